The highest BCUT2D eigenvalue weighted by molar-refractivity contribution is 8.00. The summed E-state index contributed by atoms with van der Waals surface area (Å²) in [6.45, 7) is 17.3. The third kappa shape index (κ3) is 26.8. The van der Waals surface area contributed by atoms with Gasteiger partial charge in [0.05, 0.1) is 97.9 Å². The van der Waals surface area contributed by atoms with Crippen molar-refractivity contribution < 1.29 is 66.9 Å². The summed E-state index contributed by atoms with van der Waals surface area (Å²) in [6.07, 6.45) is 6.10. The number of likely N-dealkylation sites (N-methyl/N-ethyl adjacent to an activating group) is 2. The Kier molecular flexibility index (Phi) is 36.3. The predicted octanol–water partition coefficient (Wildman–Crippen LogP) is 5.96. The Bertz CT molecular complexity index is 3520. The van der Waals surface area contributed by atoms with E-state index in [2.05, 4.69) is 47.2 Å². The van der Waals surface area contributed by atoms with E-state index >= 15 is 0 Å². The fourth-order valence-corrected chi connectivity index (χ4v) is 16.8. The summed E-state index contributed by atoms with van der Waals surface area (Å²) in [6, 6.07) is 5.03. The number of rotatable bonds is 41. The Morgan fingerprint density at radius 3 is 1.94 bits per heavy atom. The number of carbonyl (C=O) groups excluding carboxylic acids is 10. The fraction of sp³-hybridized carbons (Fsp3) is 0.680. The van der Waals surface area contributed by atoms with Gasteiger partial charge in [-0.15, -0.1) is 0 Å². The average Bonchev–Trinajstić information content (AvgIpc) is 1.78. The van der Waals surface area contributed by atoms with Crippen LogP contribution >= 0.6 is 23.5 Å². The lowest BCUT2D eigenvalue weighted by molar-refractivity contribution is -0.148. The summed E-state index contributed by atoms with van der Waals surface area (Å²) >= 11 is 3.98. The molecule has 592 valence electrons. The van der Waals surface area contributed by atoms with E-state index in [1.165, 1.54) is 60.2 Å². The lowest BCUT2D eigenvalue weighted by Gasteiger charge is -2.41. The van der Waals surface area contributed by atoms with Gasteiger partial charge in [-0.1, -0.05) is 85.0 Å². The van der Waals surface area contributed by atoms with Gasteiger partial charge in [-0.05, 0) is 126 Å². The second-order valence-corrected chi connectivity index (χ2v) is 31.7. The van der Waals surface area contributed by atoms with Crippen LogP contribution in [0, 0.1) is 23.7 Å². The van der Waals surface area contributed by atoms with E-state index in [-0.39, 0.29) is 106 Å². The number of aromatic nitrogens is 2. The summed E-state index contributed by atoms with van der Waals surface area (Å²) < 4.78 is 23.3. The van der Waals surface area contributed by atoms with Crippen LogP contribution in [0.4, 0.5) is 5.69 Å². The Morgan fingerprint density at radius 2 is 1.35 bits per heavy atom. The van der Waals surface area contributed by atoms with Crippen molar-refractivity contribution in [1.29, 1.82) is 0 Å². The molecule has 3 heterocycles. The van der Waals surface area contributed by atoms with Crippen LogP contribution in [0.2, 0.25) is 0 Å². The van der Waals surface area contributed by atoms with Crippen LogP contribution in [-0.4, -0.2) is 236 Å². The molecule has 3 aromatic rings. The third-order valence-electron chi connectivity index (χ3n) is 20.1. The van der Waals surface area contributed by atoms with Crippen LogP contribution in [0.5, 0.6) is 0 Å². The molecule has 2 bridgehead atoms. The van der Waals surface area contributed by atoms with Crippen molar-refractivity contribution in [3.8, 4) is 0 Å². The molecule has 30 nitrogen and oxygen atoms in total. The summed E-state index contributed by atoms with van der Waals surface area (Å²) in [4.78, 5) is 153. The van der Waals surface area contributed by atoms with E-state index in [1.807, 2.05) is 90.1 Å². The summed E-state index contributed by atoms with van der Waals surface area (Å²) in [7, 11) is 8.35. The van der Waals surface area contributed by atoms with E-state index in [0.29, 0.717) is 53.0 Å². The van der Waals surface area contributed by atoms with E-state index in [1.54, 1.807) is 60.2 Å². The van der Waals surface area contributed by atoms with Crippen LogP contribution in [0.15, 0.2) is 47.6 Å². The molecule has 1 saturated heterocycles. The number of ether oxygens (including phenoxy) is 4. The van der Waals surface area contributed by atoms with Gasteiger partial charge in [0.15, 0.2) is 0 Å². The minimum Gasteiger partial charge on any atom is -0.379 e. The molecular formula is C75H116N16O14S2. The minimum atomic E-state index is -1.46. The quantitative estimate of drug-likeness (QED) is 0.0141. The van der Waals surface area contributed by atoms with Gasteiger partial charge in [-0.3, -0.25) is 52.8 Å². The molecule has 107 heavy (non-hydrogen) atoms. The second-order valence-electron chi connectivity index (χ2n) is 29.2. The van der Waals surface area contributed by atoms with Gasteiger partial charge in [0.2, 0.25) is 53.2 Å². The molecule has 6 rings (SSSR count). The van der Waals surface area contributed by atoms with Gasteiger partial charge in [0.1, 0.15) is 24.2 Å². The molecule has 1 saturated carbocycles. The van der Waals surface area contributed by atoms with Gasteiger partial charge >= 0.3 is 0 Å². The van der Waals surface area contributed by atoms with Crippen LogP contribution in [0.25, 0.3) is 21.5 Å². The van der Waals surface area contributed by atoms with Crippen molar-refractivity contribution in [3.63, 3.8) is 0 Å². The number of hydrogen-bond donors (Lipinski definition) is 8. The molecule has 0 spiro atoms. The monoisotopic (exact) mass is 1530 g/mol. The van der Waals surface area contributed by atoms with Gasteiger partial charge in [0, 0.05) is 91.5 Å². The third-order valence-corrected chi connectivity index (χ3v) is 22.8. The molecule has 3 aliphatic rings. The summed E-state index contributed by atoms with van der Waals surface area (Å²) in [5.41, 5.74) is 19.8. The molecular weight excluding hydrogens is 1410 g/mol. The molecule has 2 aliphatic heterocycles. The molecule has 9 N–H and O–H groups in total. The zero-order chi connectivity index (χ0) is 78.6. The number of nitrogens with two attached hydrogens (primary N) is 1. The molecule has 32 heteroatoms. The Balaban J connectivity index is 0.917. The Morgan fingerprint density at radius 1 is 0.710 bits per heavy atom. The van der Waals surface area contributed by atoms with Crippen molar-refractivity contribution >= 4 is 99.3 Å². The number of benzene rings is 2. The normalized spacial score (nSPS) is 19.0. The van der Waals surface area contributed by atoms with Crippen molar-refractivity contribution in [1.82, 2.24) is 56.6 Å². The lowest BCUT2D eigenvalue weighted by atomic mass is 9.89. The molecule has 1 aliphatic carbocycles. The standard InChI is InChI=1S/C75H116N16O14S2/c1-15-45(6)67(90(12)75(101)65(43(2)3)87-74(100)66(44(4)5)89(10)11)61(102-13)39-64(94)91-30-18-21-60(91)68(103-14)46(7)69(95)83-52(40-79-88-77)35-49-22-25-51(26-23-49)82-73(99)57(38-62(76)92)86-71(97)48(9)81-70(96)47(8)80-63(93)28-31-104-33-34-105-32-29-78-72(98)50-24-27-55-56(36-50)85-59-42-107-54-20-17-16-19-53(37-54)106-41-58(59)84-55/h22-27,36,43-48,52-54,57,60-61,65-68H,15-21,28-35,37-42H2,1-14H3,(H2,76,92)(H,78,98)(H,80,93)(H,81,96)(H,82,99)(H,83,95)(H,86,97)(H,87,100)/t45-,46+,47-,48-,52-,53+,54?,57-,60-,61+,65-,66-,67-,68+/m0/s1. The Hall–Kier alpha value is -7.71. The highest BCUT2D eigenvalue weighted by Crippen LogP contribution is 2.39. The number of thioether (sulfide) groups is 2. The first-order valence-corrected chi connectivity index (χ1v) is 39.5. The number of primary amides is 1. The van der Waals surface area contributed by atoms with Gasteiger partial charge in [-0.2, -0.15) is 23.5 Å². The first kappa shape index (κ1) is 88.2. The maximum atomic E-state index is 14.5. The molecule has 14 atom stereocenters. The molecule has 2 aromatic carbocycles. The number of methoxy groups -OCH3 is 2. The number of hydrogen-bond acceptors (Lipinski definition) is 20. The number of nitrogens with one attached hydrogen (secondary N) is 7. The number of anilines is 1. The van der Waals surface area contributed by atoms with Gasteiger partial charge < -0.3 is 71.7 Å². The zero-order valence-electron chi connectivity index (χ0n) is 64.8. The van der Waals surface area contributed by atoms with Crippen LogP contribution in [0.3, 0.4) is 0 Å². The first-order valence-electron chi connectivity index (χ1n) is 37.4. The highest BCUT2D eigenvalue weighted by atomic mass is 32.2. The number of azide groups is 1. The second kappa shape index (κ2) is 44.1. The van der Waals surface area contributed by atoms with E-state index in [4.69, 9.17) is 34.6 Å². The number of likely N-dealkylation sites (tertiary alicyclic amines) is 1. The fourth-order valence-electron chi connectivity index (χ4n) is 14.1. The number of nitrogens with zero attached hydrogens (tertiary/aromatic N) is 8. The minimum absolute atomic E-state index is 0.0112. The summed E-state index contributed by atoms with van der Waals surface area (Å²) in [5.74, 6) is -4.68. The van der Waals surface area contributed by atoms with Crippen molar-refractivity contribution in [2.45, 2.75) is 222 Å². The molecule has 1 unspecified atom stereocenters. The number of fused-ring (bicyclic) bond motifs is 4. The Labute approximate surface area is 638 Å². The number of carbonyl (C=O) groups is 10. The van der Waals surface area contributed by atoms with E-state index < -0.39 is 108 Å². The molecule has 0 radical (unpaired) electrons. The largest absolute Gasteiger partial charge is 0.379 e. The van der Waals surface area contributed by atoms with Gasteiger partial charge in [-0.25, -0.2) is 9.97 Å². The highest BCUT2D eigenvalue weighted by Gasteiger charge is 2.44. The van der Waals surface area contributed by atoms with E-state index in [9.17, 15) is 53.5 Å². The van der Waals surface area contributed by atoms with Crippen LogP contribution in [0.1, 0.15) is 160 Å². The maximum absolute atomic E-state index is 14.5. The lowest BCUT2D eigenvalue weighted by Crippen LogP contribution is -2.59. The first-order chi connectivity index (χ1) is 51.0. The number of amides is 10. The topological polar surface area (TPSA) is 402 Å². The molecule has 10 amide bonds. The smallest absolute Gasteiger partial charge is 0.251 e. The van der Waals surface area contributed by atoms with E-state index in [0.717, 1.165) is 28.4 Å². The maximum Gasteiger partial charge on any atom is 0.251 e. The van der Waals surface area contributed by atoms with Crippen LogP contribution in [-0.2, 0) is 80.0 Å². The van der Waals surface area contributed by atoms with Crippen LogP contribution < -0.4 is 43.0 Å². The van der Waals surface area contributed by atoms with Crippen molar-refractivity contribution in [3.05, 3.63) is 75.4 Å². The predicted molar refractivity (Wildman–Crippen MR) is 412 cm³/mol. The SMILES string of the molecule is CC[C@H](C)[C@@H]([C@@H](CC(=O)N1CCC[C@H]1[C@H](OC)[C@@H](C)C(=O)N[C@H](CN=[N+]=[N-])Cc1ccc(NC(=O)[C@H](CC(N)=O)NC(=O)[C@H](C)NC(=O)[C@H](C)NC(=O)CCOCCOCCNC(=O)c2ccc3nc4c(nc3c2)CSC2CCCC[C@H](C2)SC4)cc1)OC)N(C)C(=O)[C@@H](NC(=O)[C@H](C(C)C)N(C)C)C(C)C. The van der Waals surface area contributed by atoms with Crippen molar-refractivity contribution in [2.75, 3.05) is 86.7 Å². The van der Waals surface area contributed by atoms with Gasteiger partial charge in [0.25, 0.3) is 5.91 Å². The zero-order valence-corrected chi connectivity index (χ0v) is 66.4. The van der Waals surface area contributed by atoms with Crippen molar-refractivity contribution in [2.24, 2.45) is 34.5 Å². The average molecular weight is 1530 g/mol. The molecule has 2 fully saturated rings. The molecule has 1 aromatic heterocycles. The summed E-state index contributed by atoms with van der Waals surface area (Å²) in [5, 5.41) is 24.2.